The molecule has 3 rings (SSSR count). The predicted octanol–water partition coefficient (Wildman–Crippen LogP) is 1.22. The van der Waals surface area contributed by atoms with Crippen LogP contribution in [0.3, 0.4) is 0 Å². The molecule has 0 N–H and O–H groups in total. The average molecular weight is 392 g/mol. The lowest BCUT2D eigenvalue weighted by Gasteiger charge is -2.21. The van der Waals surface area contributed by atoms with E-state index in [1.807, 2.05) is 6.07 Å². The van der Waals surface area contributed by atoms with Crippen molar-refractivity contribution >= 4 is 17.9 Å². The standard InChI is InChI=1S/C19H24N2O7/c1-25-14-6-4-12(17(26-2)18(14)27-3)5-7-15(22)20-9-8-13(10-20)21-16(23)11-28-19(21)24/h4,6,13H,5,7-11H2,1-3H3. The first kappa shape index (κ1) is 19.8. The van der Waals surface area contributed by atoms with Crippen molar-refractivity contribution in [3.8, 4) is 17.2 Å². The van der Waals surface area contributed by atoms with Crippen LogP contribution in [0.4, 0.5) is 4.79 Å². The number of nitrogens with zero attached hydrogens (tertiary/aromatic N) is 2. The van der Waals surface area contributed by atoms with Crippen LogP contribution in [0.25, 0.3) is 0 Å². The van der Waals surface area contributed by atoms with Gasteiger partial charge in [0.05, 0.1) is 27.4 Å². The molecular formula is C19H24N2O7. The molecule has 0 bridgehead atoms. The molecule has 1 atom stereocenters. The van der Waals surface area contributed by atoms with Crippen LogP contribution < -0.4 is 14.2 Å². The highest BCUT2D eigenvalue weighted by Crippen LogP contribution is 2.40. The van der Waals surface area contributed by atoms with Crippen LogP contribution in [-0.4, -0.2) is 74.8 Å². The molecule has 1 aromatic rings. The second-order valence-electron chi connectivity index (χ2n) is 6.59. The van der Waals surface area contributed by atoms with Gasteiger partial charge >= 0.3 is 6.09 Å². The first-order chi connectivity index (χ1) is 13.5. The number of hydrogen-bond acceptors (Lipinski definition) is 7. The number of cyclic esters (lactones) is 1. The molecule has 0 aromatic heterocycles. The normalized spacial score (nSPS) is 19.0. The first-order valence-corrected chi connectivity index (χ1v) is 9.04. The molecule has 152 valence electrons. The third-order valence-electron chi connectivity index (χ3n) is 5.06. The second-order valence-corrected chi connectivity index (χ2v) is 6.59. The van der Waals surface area contributed by atoms with E-state index in [1.165, 1.54) is 7.11 Å². The Hall–Kier alpha value is -2.97. The van der Waals surface area contributed by atoms with Crippen LogP contribution in [0.2, 0.25) is 0 Å². The summed E-state index contributed by atoms with van der Waals surface area (Å²) < 4.78 is 20.8. The Labute approximate surface area is 163 Å². The number of methoxy groups -OCH3 is 3. The lowest BCUT2D eigenvalue weighted by atomic mass is 10.1. The van der Waals surface area contributed by atoms with Crippen LogP contribution in [0, 0.1) is 0 Å². The van der Waals surface area contributed by atoms with Crippen molar-refractivity contribution in [1.29, 1.82) is 0 Å². The number of benzene rings is 1. The van der Waals surface area contributed by atoms with Crippen LogP contribution in [0.5, 0.6) is 17.2 Å². The Kier molecular flexibility index (Phi) is 5.91. The SMILES string of the molecule is COc1ccc(CCC(=O)N2CCC(N3C(=O)COC3=O)C2)c(OC)c1OC. The smallest absolute Gasteiger partial charge is 0.417 e. The maximum atomic E-state index is 12.6. The Morgan fingerprint density at radius 3 is 2.50 bits per heavy atom. The van der Waals surface area contributed by atoms with Crippen molar-refractivity contribution in [3.05, 3.63) is 17.7 Å². The molecule has 3 amide bonds. The van der Waals surface area contributed by atoms with Gasteiger partial charge in [-0.3, -0.25) is 9.59 Å². The van der Waals surface area contributed by atoms with Gasteiger partial charge in [0.15, 0.2) is 18.1 Å². The Morgan fingerprint density at radius 2 is 1.89 bits per heavy atom. The third-order valence-corrected chi connectivity index (χ3v) is 5.06. The summed E-state index contributed by atoms with van der Waals surface area (Å²) in [5, 5.41) is 0. The van der Waals surface area contributed by atoms with Gasteiger partial charge in [0.2, 0.25) is 11.7 Å². The number of likely N-dealkylation sites (tertiary alicyclic amines) is 1. The fourth-order valence-corrected chi connectivity index (χ4v) is 3.66. The van der Waals surface area contributed by atoms with Gasteiger partial charge in [0, 0.05) is 19.5 Å². The Bertz CT molecular complexity index is 764. The van der Waals surface area contributed by atoms with E-state index >= 15 is 0 Å². The van der Waals surface area contributed by atoms with Crippen LogP contribution in [0.15, 0.2) is 12.1 Å². The highest BCUT2D eigenvalue weighted by atomic mass is 16.6. The Morgan fingerprint density at radius 1 is 1.14 bits per heavy atom. The van der Waals surface area contributed by atoms with Crippen molar-refractivity contribution < 1.29 is 33.3 Å². The summed E-state index contributed by atoms with van der Waals surface area (Å²) in [6.07, 6.45) is 0.677. The first-order valence-electron chi connectivity index (χ1n) is 9.04. The third kappa shape index (κ3) is 3.69. The molecule has 0 aliphatic carbocycles. The molecule has 28 heavy (non-hydrogen) atoms. The van der Waals surface area contributed by atoms with E-state index in [4.69, 9.17) is 18.9 Å². The molecular weight excluding hydrogens is 368 g/mol. The van der Waals surface area contributed by atoms with Crippen molar-refractivity contribution in [2.24, 2.45) is 0 Å². The van der Waals surface area contributed by atoms with Crippen molar-refractivity contribution in [2.45, 2.75) is 25.3 Å². The molecule has 2 saturated heterocycles. The molecule has 1 unspecified atom stereocenters. The van der Waals surface area contributed by atoms with Gasteiger partial charge < -0.3 is 23.8 Å². The number of carbonyl (C=O) groups excluding carboxylic acids is 3. The summed E-state index contributed by atoms with van der Waals surface area (Å²) in [6, 6.07) is 3.30. The highest BCUT2D eigenvalue weighted by molar-refractivity contribution is 5.98. The van der Waals surface area contributed by atoms with Crippen LogP contribution in [0.1, 0.15) is 18.4 Å². The number of carbonyl (C=O) groups is 3. The van der Waals surface area contributed by atoms with E-state index in [2.05, 4.69) is 0 Å². The van der Waals surface area contributed by atoms with Gasteiger partial charge in [-0.05, 0) is 24.5 Å². The summed E-state index contributed by atoms with van der Waals surface area (Å²) in [6.45, 7) is 0.620. The Balaban J connectivity index is 1.62. The number of ether oxygens (including phenoxy) is 4. The number of imide groups is 1. The van der Waals surface area contributed by atoms with Gasteiger partial charge in [-0.15, -0.1) is 0 Å². The maximum absolute atomic E-state index is 12.6. The second kappa shape index (κ2) is 8.37. The number of rotatable bonds is 7. The largest absolute Gasteiger partial charge is 0.493 e. The van der Waals surface area contributed by atoms with E-state index in [1.54, 1.807) is 25.2 Å². The molecule has 2 heterocycles. The molecule has 2 aliphatic heterocycles. The van der Waals surface area contributed by atoms with Crippen LogP contribution in [-0.2, 0) is 20.7 Å². The zero-order valence-electron chi connectivity index (χ0n) is 16.2. The topological polar surface area (TPSA) is 94.6 Å². The van der Waals surface area contributed by atoms with E-state index in [0.29, 0.717) is 43.2 Å². The van der Waals surface area contributed by atoms with Gasteiger partial charge in [-0.25, -0.2) is 9.69 Å². The summed E-state index contributed by atoms with van der Waals surface area (Å²) in [5.74, 6) is 1.19. The van der Waals surface area contributed by atoms with Gasteiger partial charge in [-0.1, -0.05) is 6.07 Å². The maximum Gasteiger partial charge on any atom is 0.417 e. The number of aryl methyl sites for hydroxylation is 1. The molecule has 0 spiro atoms. The van der Waals surface area contributed by atoms with E-state index < -0.39 is 6.09 Å². The van der Waals surface area contributed by atoms with E-state index in [-0.39, 0.29) is 30.9 Å². The fraction of sp³-hybridized carbons (Fsp3) is 0.526. The molecule has 9 nitrogen and oxygen atoms in total. The minimum absolute atomic E-state index is 0.0423. The van der Waals surface area contributed by atoms with Gasteiger partial charge in [-0.2, -0.15) is 0 Å². The number of hydrogen-bond donors (Lipinski definition) is 0. The van der Waals surface area contributed by atoms with E-state index in [9.17, 15) is 14.4 Å². The average Bonchev–Trinajstić information content (AvgIpc) is 3.31. The summed E-state index contributed by atoms with van der Waals surface area (Å²) in [5.41, 5.74) is 0.836. The minimum Gasteiger partial charge on any atom is -0.493 e. The minimum atomic E-state index is -0.626. The monoisotopic (exact) mass is 392 g/mol. The fourth-order valence-electron chi connectivity index (χ4n) is 3.66. The van der Waals surface area contributed by atoms with Gasteiger partial charge in [0.25, 0.3) is 5.91 Å². The lowest BCUT2D eigenvalue weighted by molar-refractivity contribution is -0.131. The zero-order chi connectivity index (χ0) is 20.3. The molecule has 9 heteroatoms. The van der Waals surface area contributed by atoms with Crippen molar-refractivity contribution in [1.82, 2.24) is 9.80 Å². The van der Waals surface area contributed by atoms with E-state index in [0.717, 1.165) is 10.5 Å². The van der Waals surface area contributed by atoms with Crippen LogP contribution >= 0.6 is 0 Å². The molecule has 2 aliphatic rings. The number of amides is 3. The summed E-state index contributed by atoms with van der Waals surface area (Å²) in [4.78, 5) is 38.9. The van der Waals surface area contributed by atoms with Crippen molar-refractivity contribution in [3.63, 3.8) is 0 Å². The molecule has 0 saturated carbocycles. The predicted molar refractivity (Wildman–Crippen MR) is 97.6 cm³/mol. The summed E-state index contributed by atoms with van der Waals surface area (Å²) >= 11 is 0. The van der Waals surface area contributed by atoms with Crippen molar-refractivity contribution in [2.75, 3.05) is 41.0 Å². The van der Waals surface area contributed by atoms with Gasteiger partial charge in [0.1, 0.15) is 0 Å². The lowest BCUT2D eigenvalue weighted by Crippen LogP contribution is -2.42. The zero-order valence-corrected chi connectivity index (χ0v) is 16.2. The molecule has 0 radical (unpaired) electrons. The molecule has 2 fully saturated rings. The quantitative estimate of drug-likeness (QED) is 0.689. The highest BCUT2D eigenvalue weighted by Gasteiger charge is 2.41. The molecule has 1 aromatic carbocycles. The summed E-state index contributed by atoms with van der Waals surface area (Å²) in [7, 11) is 4.62.